The number of methoxy groups -OCH3 is 1. The van der Waals surface area contributed by atoms with Gasteiger partial charge in [-0.3, -0.25) is 4.79 Å². The summed E-state index contributed by atoms with van der Waals surface area (Å²) in [6.07, 6.45) is 3.49. The number of ether oxygens (including phenoxy) is 2. The van der Waals surface area contributed by atoms with Crippen molar-refractivity contribution in [1.82, 2.24) is 0 Å². The van der Waals surface area contributed by atoms with Gasteiger partial charge in [0.1, 0.15) is 5.82 Å². The summed E-state index contributed by atoms with van der Waals surface area (Å²) >= 11 is 0. The number of piperidine rings is 1. The SMILES string of the molecule is COc1ccccc1OCC(=O)Nc1cc(N2CCCCC2)ccc1F. The number of hydrogen-bond donors (Lipinski definition) is 1. The molecule has 26 heavy (non-hydrogen) atoms. The highest BCUT2D eigenvalue weighted by atomic mass is 19.1. The molecule has 1 aliphatic rings. The number of carbonyl (C=O) groups is 1. The third-order valence-electron chi connectivity index (χ3n) is 4.37. The Bertz CT molecular complexity index is 760. The highest BCUT2D eigenvalue weighted by Crippen LogP contribution is 2.27. The van der Waals surface area contributed by atoms with E-state index in [1.165, 1.54) is 19.6 Å². The molecule has 1 saturated heterocycles. The predicted molar refractivity (Wildman–Crippen MR) is 99.6 cm³/mol. The summed E-state index contributed by atoms with van der Waals surface area (Å²) in [6.45, 7) is 1.68. The molecule has 1 N–H and O–H groups in total. The molecule has 1 fully saturated rings. The Kier molecular flexibility index (Phi) is 5.94. The molecular formula is C20H23FN2O3. The Labute approximate surface area is 152 Å². The van der Waals surface area contributed by atoms with E-state index in [2.05, 4.69) is 10.2 Å². The Balaban J connectivity index is 1.63. The molecule has 0 atom stereocenters. The lowest BCUT2D eigenvalue weighted by atomic mass is 10.1. The zero-order valence-electron chi connectivity index (χ0n) is 14.8. The molecular weight excluding hydrogens is 335 g/mol. The van der Waals surface area contributed by atoms with E-state index in [0.717, 1.165) is 31.6 Å². The highest BCUT2D eigenvalue weighted by molar-refractivity contribution is 5.92. The lowest BCUT2D eigenvalue weighted by molar-refractivity contribution is -0.118. The summed E-state index contributed by atoms with van der Waals surface area (Å²) in [5.41, 5.74) is 1.09. The molecule has 6 heteroatoms. The van der Waals surface area contributed by atoms with E-state index in [-0.39, 0.29) is 12.3 Å². The number of halogens is 1. The summed E-state index contributed by atoms with van der Waals surface area (Å²) in [4.78, 5) is 14.4. The van der Waals surface area contributed by atoms with Gasteiger partial charge in [-0.05, 0) is 49.6 Å². The maximum atomic E-state index is 14.1. The van der Waals surface area contributed by atoms with Crippen LogP contribution in [-0.4, -0.2) is 32.7 Å². The largest absolute Gasteiger partial charge is 0.493 e. The van der Waals surface area contributed by atoms with Gasteiger partial charge < -0.3 is 19.7 Å². The van der Waals surface area contributed by atoms with Crippen molar-refractivity contribution in [1.29, 1.82) is 0 Å². The van der Waals surface area contributed by atoms with Crippen LogP contribution in [0.25, 0.3) is 0 Å². The van der Waals surface area contributed by atoms with Gasteiger partial charge in [-0.15, -0.1) is 0 Å². The fraction of sp³-hybridized carbons (Fsp3) is 0.350. The first-order valence-electron chi connectivity index (χ1n) is 8.77. The van der Waals surface area contributed by atoms with E-state index in [4.69, 9.17) is 9.47 Å². The van der Waals surface area contributed by atoms with Gasteiger partial charge in [0.15, 0.2) is 18.1 Å². The van der Waals surface area contributed by atoms with Crippen LogP contribution in [0.5, 0.6) is 11.5 Å². The molecule has 5 nitrogen and oxygen atoms in total. The van der Waals surface area contributed by atoms with Crippen molar-refractivity contribution >= 4 is 17.3 Å². The second-order valence-electron chi connectivity index (χ2n) is 6.20. The minimum Gasteiger partial charge on any atom is -0.493 e. The lowest BCUT2D eigenvalue weighted by Crippen LogP contribution is -2.29. The fourth-order valence-corrected chi connectivity index (χ4v) is 3.03. The van der Waals surface area contributed by atoms with Gasteiger partial charge in [0.2, 0.25) is 0 Å². The van der Waals surface area contributed by atoms with Gasteiger partial charge in [0.25, 0.3) is 5.91 Å². The molecule has 2 aromatic carbocycles. The monoisotopic (exact) mass is 358 g/mol. The van der Waals surface area contributed by atoms with Crippen LogP contribution in [0.2, 0.25) is 0 Å². The van der Waals surface area contributed by atoms with Gasteiger partial charge in [0.05, 0.1) is 12.8 Å². The number of nitrogens with one attached hydrogen (secondary N) is 1. The van der Waals surface area contributed by atoms with Crippen molar-refractivity contribution in [3.63, 3.8) is 0 Å². The molecule has 1 heterocycles. The standard InChI is InChI=1S/C20H23FN2O3/c1-25-18-7-3-4-8-19(18)26-14-20(24)22-17-13-15(9-10-16(17)21)23-11-5-2-6-12-23/h3-4,7-10,13H,2,5-6,11-12,14H2,1H3,(H,22,24). The van der Waals surface area contributed by atoms with E-state index in [9.17, 15) is 9.18 Å². The molecule has 0 aromatic heterocycles. The van der Waals surface area contributed by atoms with Crippen LogP contribution in [0.4, 0.5) is 15.8 Å². The normalized spacial score (nSPS) is 14.0. The van der Waals surface area contributed by atoms with Crippen LogP contribution in [0.15, 0.2) is 42.5 Å². The maximum absolute atomic E-state index is 14.1. The highest BCUT2D eigenvalue weighted by Gasteiger charge is 2.15. The minimum atomic E-state index is -0.462. The number of para-hydroxylation sites is 2. The van der Waals surface area contributed by atoms with Crippen molar-refractivity contribution < 1.29 is 18.7 Å². The topological polar surface area (TPSA) is 50.8 Å². The molecule has 0 radical (unpaired) electrons. The van der Waals surface area contributed by atoms with Crippen LogP contribution in [-0.2, 0) is 4.79 Å². The van der Waals surface area contributed by atoms with Crippen molar-refractivity contribution in [3.8, 4) is 11.5 Å². The quantitative estimate of drug-likeness (QED) is 0.852. The van der Waals surface area contributed by atoms with E-state index in [0.29, 0.717) is 11.5 Å². The van der Waals surface area contributed by atoms with Gasteiger partial charge in [-0.1, -0.05) is 12.1 Å². The molecule has 0 saturated carbocycles. The lowest BCUT2D eigenvalue weighted by Gasteiger charge is -2.29. The summed E-state index contributed by atoms with van der Waals surface area (Å²) in [5, 5.41) is 2.59. The van der Waals surface area contributed by atoms with Gasteiger partial charge in [-0.2, -0.15) is 0 Å². The number of rotatable bonds is 6. The molecule has 2 aromatic rings. The molecule has 0 bridgehead atoms. The Morgan fingerprint density at radius 3 is 2.58 bits per heavy atom. The van der Waals surface area contributed by atoms with E-state index in [1.807, 2.05) is 6.07 Å². The van der Waals surface area contributed by atoms with Crippen LogP contribution >= 0.6 is 0 Å². The Morgan fingerprint density at radius 1 is 1.12 bits per heavy atom. The first-order chi connectivity index (χ1) is 12.7. The maximum Gasteiger partial charge on any atom is 0.262 e. The Morgan fingerprint density at radius 2 is 1.85 bits per heavy atom. The van der Waals surface area contributed by atoms with Crippen LogP contribution in [0, 0.1) is 5.82 Å². The van der Waals surface area contributed by atoms with E-state index >= 15 is 0 Å². The summed E-state index contributed by atoms with van der Waals surface area (Å²) in [7, 11) is 1.53. The first kappa shape index (κ1) is 18.0. The molecule has 0 spiro atoms. The van der Waals surface area contributed by atoms with Crippen LogP contribution in [0.1, 0.15) is 19.3 Å². The zero-order chi connectivity index (χ0) is 18.4. The summed E-state index contributed by atoms with van der Waals surface area (Å²) < 4.78 is 24.7. The number of benzene rings is 2. The minimum absolute atomic E-state index is 0.168. The molecule has 0 unspecified atom stereocenters. The van der Waals surface area contributed by atoms with Gasteiger partial charge >= 0.3 is 0 Å². The van der Waals surface area contributed by atoms with Crippen molar-refractivity contribution in [3.05, 3.63) is 48.3 Å². The molecule has 138 valence electrons. The number of hydrogen-bond acceptors (Lipinski definition) is 4. The second-order valence-corrected chi connectivity index (χ2v) is 6.20. The Hall–Kier alpha value is -2.76. The van der Waals surface area contributed by atoms with Gasteiger partial charge in [0, 0.05) is 18.8 Å². The van der Waals surface area contributed by atoms with E-state index < -0.39 is 11.7 Å². The fourth-order valence-electron chi connectivity index (χ4n) is 3.03. The third kappa shape index (κ3) is 4.45. The van der Waals surface area contributed by atoms with Crippen LogP contribution in [0.3, 0.4) is 0 Å². The molecule has 1 amide bonds. The molecule has 0 aliphatic carbocycles. The van der Waals surface area contributed by atoms with Crippen LogP contribution < -0.4 is 19.7 Å². The number of nitrogens with zero attached hydrogens (tertiary/aromatic N) is 1. The number of anilines is 2. The second kappa shape index (κ2) is 8.56. The van der Waals surface area contributed by atoms with E-state index in [1.54, 1.807) is 30.3 Å². The third-order valence-corrected chi connectivity index (χ3v) is 4.37. The van der Waals surface area contributed by atoms with Gasteiger partial charge in [-0.25, -0.2) is 4.39 Å². The predicted octanol–water partition coefficient (Wildman–Crippen LogP) is 3.84. The summed E-state index contributed by atoms with van der Waals surface area (Å²) in [5.74, 6) is 0.119. The van der Waals surface area contributed by atoms with Crippen molar-refractivity contribution in [2.45, 2.75) is 19.3 Å². The zero-order valence-corrected chi connectivity index (χ0v) is 14.8. The smallest absolute Gasteiger partial charge is 0.262 e. The first-order valence-corrected chi connectivity index (χ1v) is 8.77. The summed E-state index contributed by atoms with van der Waals surface area (Å²) in [6, 6.07) is 11.9. The average Bonchev–Trinajstić information content (AvgIpc) is 2.69. The molecule has 1 aliphatic heterocycles. The van der Waals surface area contributed by atoms with Crippen molar-refractivity contribution in [2.75, 3.05) is 37.0 Å². The van der Waals surface area contributed by atoms with Crippen molar-refractivity contribution in [2.24, 2.45) is 0 Å². The molecule has 3 rings (SSSR count). The number of amides is 1. The average molecular weight is 358 g/mol. The number of carbonyl (C=O) groups excluding carboxylic acids is 1.